The van der Waals surface area contributed by atoms with Crippen LogP contribution in [-0.4, -0.2) is 36.5 Å². The van der Waals surface area contributed by atoms with Crippen LogP contribution >= 0.6 is 0 Å². The number of hydrogen-bond acceptors (Lipinski definition) is 3. The Balaban J connectivity index is 2.22. The number of carbonyl (C=O) groups is 2. The molecule has 0 aromatic carbocycles. The molecule has 1 heterocycles. The number of nitrogens with zero attached hydrogens (tertiary/aromatic N) is 1. The van der Waals surface area contributed by atoms with Gasteiger partial charge >= 0.3 is 5.97 Å². The van der Waals surface area contributed by atoms with E-state index < -0.39 is 0 Å². The van der Waals surface area contributed by atoms with Crippen LogP contribution in [0.15, 0.2) is 12.2 Å². The van der Waals surface area contributed by atoms with Crippen LogP contribution in [0.2, 0.25) is 0 Å². The zero-order chi connectivity index (χ0) is 11.3. The van der Waals surface area contributed by atoms with E-state index in [1.54, 1.807) is 11.8 Å². The van der Waals surface area contributed by atoms with E-state index in [1.807, 2.05) is 0 Å². The van der Waals surface area contributed by atoms with Crippen LogP contribution < -0.4 is 0 Å². The molecule has 1 saturated heterocycles. The SMILES string of the molecule is C=C(C)C(=O)OCCN1CCCCC1=O. The summed E-state index contributed by atoms with van der Waals surface area (Å²) in [7, 11) is 0. The predicted octanol–water partition coefficient (Wildman–Crippen LogP) is 1.12. The van der Waals surface area contributed by atoms with Crippen molar-refractivity contribution in [1.29, 1.82) is 0 Å². The van der Waals surface area contributed by atoms with E-state index in [4.69, 9.17) is 4.74 Å². The summed E-state index contributed by atoms with van der Waals surface area (Å²) in [5, 5.41) is 0. The number of esters is 1. The average Bonchev–Trinajstić information content (AvgIpc) is 2.20. The highest BCUT2D eigenvalue weighted by molar-refractivity contribution is 5.86. The van der Waals surface area contributed by atoms with E-state index in [1.165, 1.54) is 0 Å². The average molecular weight is 211 g/mol. The lowest BCUT2D eigenvalue weighted by molar-refractivity contribution is -0.142. The van der Waals surface area contributed by atoms with Crippen molar-refractivity contribution in [2.45, 2.75) is 26.2 Å². The van der Waals surface area contributed by atoms with Crippen LogP contribution in [-0.2, 0) is 14.3 Å². The van der Waals surface area contributed by atoms with Crippen LogP contribution in [0.25, 0.3) is 0 Å². The van der Waals surface area contributed by atoms with Crippen molar-refractivity contribution in [2.24, 2.45) is 0 Å². The first-order chi connectivity index (χ1) is 7.11. The first kappa shape index (κ1) is 11.8. The Morgan fingerprint density at radius 2 is 2.27 bits per heavy atom. The van der Waals surface area contributed by atoms with Gasteiger partial charge in [-0.2, -0.15) is 0 Å². The molecule has 1 fully saturated rings. The van der Waals surface area contributed by atoms with E-state index in [0.717, 1.165) is 19.4 Å². The van der Waals surface area contributed by atoms with E-state index >= 15 is 0 Å². The second-order valence-electron chi connectivity index (χ2n) is 3.75. The van der Waals surface area contributed by atoms with Crippen LogP contribution in [0.5, 0.6) is 0 Å². The fourth-order valence-electron chi connectivity index (χ4n) is 1.47. The lowest BCUT2D eigenvalue weighted by Gasteiger charge is -2.26. The van der Waals surface area contributed by atoms with Gasteiger partial charge in [0, 0.05) is 18.5 Å². The molecule has 1 aliphatic heterocycles. The second kappa shape index (κ2) is 5.53. The molecule has 0 bridgehead atoms. The first-order valence-corrected chi connectivity index (χ1v) is 5.21. The molecule has 0 saturated carbocycles. The third-order valence-electron chi connectivity index (χ3n) is 2.36. The number of amides is 1. The van der Waals surface area contributed by atoms with Gasteiger partial charge in [0.1, 0.15) is 6.61 Å². The highest BCUT2D eigenvalue weighted by atomic mass is 16.5. The molecule has 0 unspecified atom stereocenters. The number of rotatable bonds is 4. The summed E-state index contributed by atoms with van der Waals surface area (Å²) in [6, 6.07) is 0. The standard InChI is InChI=1S/C11H17NO3/c1-9(2)11(14)15-8-7-12-6-4-3-5-10(12)13/h1,3-8H2,2H3. The fourth-order valence-corrected chi connectivity index (χ4v) is 1.47. The lowest BCUT2D eigenvalue weighted by Crippen LogP contribution is -2.37. The van der Waals surface area contributed by atoms with E-state index in [2.05, 4.69) is 6.58 Å². The minimum absolute atomic E-state index is 0.160. The number of carbonyl (C=O) groups excluding carboxylic acids is 2. The van der Waals surface area contributed by atoms with Gasteiger partial charge in [-0.3, -0.25) is 4.79 Å². The monoisotopic (exact) mass is 211 g/mol. The highest BCUT2D eigenvalue weighted by Gasteiger charge is 2.17. The molecule has 0 aromatic heterocycles. The Morgan fingerprint density at radius 3 is 2.87 bits per heavy atom. The van der Waals surface area contributed by atoms with Gasteiger partial charge < -0.3 is 9.64 Å². The van der Waals surface area contributed by atoms with Gasteiger partial charge in [-0.1, -0.05) is 6.58 Å². The van der Waals surface area contributed by atoms with Crippen LogP contribution in [0.4, 0.5) is 0 Å². The molecule has 0 spiro atoms. The summed E-state index contributed by atoms with van der Waals surface area (Å²) in [6.45, 7) is 6.63. The third-order valence-corrected chi connectivity index (χ3v) is 2.36. The maximum absolute atomic E-state index is 11.4. The molecule has 0 atom stereocenters. The normalized spacial score (nSPS) is 16.3. The van der Waals surface area contributed by atoms with Crippen molar-refractivity contribution in [1.82, 2.24) is 4.90 Å². The molecule has 0 aliphatic carbocycles. The third kappa shape index (κ3) is 3.73. The second-order valence-corrected chi connectivity index (χ2v) is 3.75. The van der Waals surface area contributed by atoms with Crippen molar-refractivity contribution in [3.63, 3.8) is 0 Å². The summed E-state index contributed by atoms with van der Waals surface area (Å²) >= 11 is 0. The van der Waals surface area contributed by atoms with Gasteiger partial charge in [0.05, 0.1) is 6.54 Å². The molecule has 1 rings (SSSR count). The van der Waals surface area contributed by atoms with Crippen LogP contribution in [0.3, 0.4) is 0 Å². The molecule has 84 valence electrons. The maximum Gasteiger partial charge on any atom is 0.333 e. The lowest BCUT2D eigenvalue weighted by atomic mass is 10.1. The van der Waals surface area contributed by atoms with Crippen molar-refractivity contribution >= 4 is 11.9 Å². The Hall–Kier alpha value is -1.32. The smallest absolute Gasteiger partial charge is 0.333 e. The van der Waals surface area contributed by atoms with E-state index in [-0.39, 0.29) is 18.5 Å². The largest absolute Gasteiger partial charge is 0.460 e. The van der Waals surface area contributed by atoms with Gasteiger partial charge in [0.15, 0.2) is 0 Å². The zero-order valence-electron chi connectivity index (χ0n) is 9.12. The van der Waals surface area contributed by atoms with Gasteiger partial charge in [-0.05, 0) is 19.8 Å². The molecule has 1 aliphatic rings. The van der Waals surface area contributed by atoms with E-state index in [9.17, 15) is 9.59 Å². The topological polar surface area (TPSA) is 46.6 Å². The summed E-state index contributed by atoms with van der Waals surface area (Å²) in [5.74, 6) is -0.230. The predicted molar refractivity (Wildman–Crippen MR) is 56.2 cm³/mol. The molecule has 15 heavy (non-hydrogen) atoms. The number of piperidine rings is 1. The quantitative estimate of drug-likeness (QED) is 0.517. The van der Waals surface area contributed by atoms with Crippen molar-refractivity contribution < 1.29 is 14.3 Å². The molecule has 1 amide bonds. The van der Waals surface area contributed by atoms with Gasteiger partial charge in [-0.15, -0.1) is 0 Å². The summed E-state index contributed by atoms with van der Waals surface area (Å²) in [4.78, 5) is 24.2. The molecular formula is C11H17NO3. The summed E-state index contributed by atoms with van der Waals surface area (Å²) < 4.78 is 4.92. The van der Waals surface area contributed by atoms with Gasteiger partial charge in [0.25, 0.3) is 0 Å². The Morgan fingerprint density at radius 1 is 1.53 bits per heavy atom. The molecule has 4 heteroatoms. The van der Waals surface area contributed by atoms with Gasteiger partial charge in [0.2, 0.25) is 5.91 Å². The Bertz CT molecular complexity index is 273. The zero-order valence-corrected chi connectivity index (χ0v) is 9.12. The van der Waals surface area contributed by atoms with Gasteiger partial charge in [-0.25, -0.2) is 4.79 Å². The summed E-state index contributed by atoms with van der Waals surface area (Å²) in [6.07, 6.45) is 2.63. The molecular weight excluding hydrogens is 194 g/mol. The molecule has 0 N–H and O–H groups in total. The van der Waals surface area contributed by atoms with E-state index in [0.29, 0.717) is 18.5 Å². The Kier molecular flexibility index (Phi) is 4.34. The van der Waals surface area contributed by atoms with Crippen molar-refractivity contribution in [3.8, 4) is 0 Å². The Labute approximate surface area is 89.9 Å². The van der Waals surface area contributed by atoms with Crippen LogP contribution in [0.1, 0.15) is 26.2 Å². The van der Waals surface area contributed by atoms with Crippen molar-refractivity contribution in [3.05, 3.63) is 12.2 Å². The van der Waals surface area contributed by atoms with Crippen molar-refractivity contribution in [2.75, 3.05) is 19.7 Å². The summed E-state index contributed by atoms with van der Waals surface area (Å²) in [5.41, 5.74) is 0.389. The maximum atomic E-state index is 11.4. The highest BCUT2D eigenvalue weighted by Crippen LogP contribution is 2.09. The number of ether oxygens (including phenoxy) is 1. The first-order valence-electron chi connectivity index (χ1n) is 5.21. The minimum Gasteiger partial charge on any atom is -0.460 e. The molecule has 0 radical (unpaired) electrons. The molecule has 0 aromatic rings. The number of likely N-dealkylation sites (tertiary alicyclic amines) is 1. The number of hydrogen-bond donors (Lipinski definition) is 0. The minimum atomic E-state index is -0.389. The van der Waals surface area contributed by atoms with Crippen LogP contribution in [0, 0.1) is 0 Å². The molecule has 4 nitrogen and oxygen atoms in total. The fraction of sp³-hybridized carbons (Fsp3) is 0.636.